The van der Waals surface area contributed by atoms with Crippen LogP contribution in [0.5, 0.6) is 0 Å². The number of hydrogen-bond acceptors (Lipinski definition) is 5. The molecule has 0 amide bonds. The number of carbonyl (C=O) groups is 1. The lowest BCUT2D eigenvalue weighted by Gasteiger charge is -2.31. The summed E-state index contributed by atoms with van der Waals surface area (Å²) < 4.78 is 28.5. The van der Waals surface area contributed by atoms with Crippen LogP contribution in [0, 0.1) is 6.92 Å². The maximum absolute atomic E-state index is 13.5. The number of H-pyrrole nitrogens is 1. The van der Waals surface area contributed by atoms with Gasteiger partial charge in [-0.3, -0.25) is 9.69 Å². The zero-order valence-electron chi connectivity index (χ0n) is 19.9. The van der Waals surface area contributed by atoms with Crippen LogP contribution in [0.15, 0.2) is 48.2 Å². The van der Waals surface area contributed by atoms with Gasteiger partial charge < -0.3 is 10.7 Å². The van der Waals surface area contributed by atoms with Gasteiger partial charge >= 0.3 is 0 Å². The first-order chi connectivity index (χ1) is 17.3. The highest BCUT2D eigenvalue weighted by atomic mass is 19.3. The summed E-state index contributed by atoms with van der Waals surface area (Å²) in [5, 5.41) is 4.38. The molecule has 0 bridgehead atoms. The van der Waals surface area contributed by atoms with Crippen LogP contribution in [-0.2, 0) is 13.0 Å². The molecular formula is C27H26F2N6O. The molecule has 6 rings (SSSR count). The van der Waals surface area contributed by atoms with Gasteiger partial charge in [0, 0.05) is 44.5 Å². The minimum absolute atomic E-state index is 0.0946. The number of fused-ring (bicyclic) bond motifs is 2. The number of nitrogen functional groups attached to an aromatic ring is 1. The van der Waals surface area contributed by atoms with Crippen LogP contribution >= 0.6 is 0 Å². The number of rotatable bonds is 5. The number of imidazole rings is 1. The van der Waals surface area contributed by atoms with Crippen molar-refractivity contribution in [3.05, 3.63) is 76.2 Å². The van der Waals surface area contributed by atoms with Crippen LogP contribution < -0.4 is 5.73 Å². The second kappa shape index (κ2) is 8.37. The number of benzene rings is 2. The van der Waals surface area contributed by atoms with Gasteiger partial charge in [-0.2, -0.15) is 5.10 Å². The van der Waals surface area contributed by atoms with Gasteiger partial charge in [0.25, 0.3) is 5.92 Å². The highest BCUT2D eigenvalue weighted by Gasteiger charge is 2.34. The van der Waals surface area contributed by atoms with E-state index in [2.05, 4.69) is 26.0 Å². The average Bonchev–Trinajstić information content (AvgIpc) is 3.54. The summed E-state index contributed by atoms with van der Waals surface area (Å²) in [6.45, 7) is 3.31. The number of ketones is 1. The van der Waals surface area contributed by atoms with E-state index >= 15 is 0 Å². The quantitative estimate of drug-likeness (QED) is 0.398. The zero-order valence-corrected chi connectivity index (χ0v) is 19.9. The average molecular weight is 489 g/mol. The molecule has 0 atom stereocenters. The molecule has 1 saturated heterocycles. The summed E-state index contributed by atoms with van der Waals surface area (Å²) in [6, 6.07) is 11.7. The lowest BCUT2D eigenvalue weighted by Crippen LogP contribution is -2.38. The summed E-state index contributed by atoms with van der Waals surface area (Å²) in [5.74, 6) is -1.59. The predicted octanol–water partition coefficient (Wildman–Crippen LogP) is 4.69. The second-order valence-electron chi connectivity index (χ2n) is 9.72. The Morgan fingerprint density at radius 3 is 2.78 bits per heavy atom. The van der Waals surface area contributed by atoms with E-state index in [1.54, 1.807) is 4.68 Å². The lowest BCUT2D eigenvalue weighted by molar-refractivity contribution is -0.0566. The molecule has 1 fully saturated rings. The number of allylic oxidation sites excluding steroid dienone is 1. The molecule has 3 heterocycles. The maximum atomic E-state index is 13.5. The molecule has 3 N–H and O–H groups in total. The summed E-state index contributed by atoms with van der Waals surface area (Å²) in [5.41, 5.74) is 13.0. The molecule has 2 aliphatic rings. The number of nitrogens with one attached hydrogen (secondary N) is 1. The highest BCUT2D eigenvalue weighted by Crippen LogP contribution is 2.32. The molecule has 0 radical (unpaired) electrons. The fourth-order valence-corrected chi connectivity index (χ4v) is 5.11. The summed E-state index contributed by atoms with van der Waals surface area (Å²) in [4.78, 5) is 23.0. The molecule has 0 spiro atoms. The van der Waals surface area contributed by atoms with Crippen LogP contribution in [0.25, 0.3) is 22.8 Å². The lowest BCUT2D eigenvalue weighted by atomic mass is 10.0. The monoisotopic (exact) mass is 488 g/mol. The first-order valence-corrected chi connectivity index (χ1v) is 12.0. The Hall–Kier alpha value is -3.85. The number of anilines is 1. The van der Waals surface area contributed by atoms with E-state index in [0.29, 0.717) is 37.2 Å². The topological polar surface area (TPSA) is 92.8 Å². The van der Waals surface area contributed by atoms with Crippen LogP contribution in [0.3, 0.4) is 0 Å². The van der Waals surface area contributed by atoms with Crippen LogP contribution in [0.4, 0.5) is 14.6 Å². The van der Waals surface area contributed by atoms with E-state index in [1.807, 2.05) is 43.3 Å². The molecule has 0 unspecified atom stereocenters. The molecule has 7 nitrogen and oxygen atoms in total. The van der Waals surface area contributed by atoms with Crippen LogP contribution in [0.1, 0.15) is 45.7 Å². The van der Waals surface area contributed by atoms with Crippen molar-refractivity contribution < 1.29 is 13.6 Å². The minimum atomic E-state index is -2.55. The Bertz CT molecular complexity index is 1520. The Morgan fingerprint density at radius 1 is 1.17 bits per heavy atom. The fraction of sp³-hybridized carbons (Fsp3) is 0.296. The van der Waals surface area contributed by atoms with E-state index in [9.17, 15) is 13.6 Å². The van der Waals surface area contributed by atoms with Gasteiger partial charge in [0.05, 0.1) is 28.5 Å². The smallest absolute Gasteiger partial charge is 0.250 e. The van der Waals surface area contributed by atoms with E-state index in [0.717, 1.165) is 39.2 Å². The van der Waals surface area contributed by atoms with Gasteiger partial charge in [0.1, 0.15) is 11.6 Å². The Labute approximate surface area is 206 Å². The van der Waals surface area contributed by atoms with E-state index in [1.165, 1.54) is 6.20 Å². The van der Waals surface area contributed by atoms with Crippen molar-refractivity contribution in [3.63, 3.8) is 0 Å². The Kier molecular flexibility index (Phi) is 5.26. The highest BCUT2D eigenvalue weighted by molar-refractivity contribution is 6.15. The summed E-state index contributed by atoms with van der Waals surface area (Å²) in [7, 11) is 0. The van der Waals surface area contributed by atoms with Gasteiger partial charge in [0.15, 0.2) is 5.78 Å². The molecule has 2 aromatic heterocycles. The number of alkyl halides is 2. The number of aromatic amines is 1. The van der Waals surface area contributed by atoms with Crippen molar-refractivity contribution in [1.82, 2.24) is 24.6 Å². The van der Waals surface area contributed by atoms with Crippen molar-refractivity contribution in [2.24, 2.45) is 0 Å². The number of carbonyl (C=O) groups excluding carboxylic acids is 1. The number of hydrogen-bond donors (Lipinski definition) is 2. The molecule has 9 heteroatoms. The molecule has 184 valence electrons. The molecule has 2 aromatic carbocycles. The number of nitrogens with zero attached hydrogens (tertiary/aromatic N) is 4. The van der Waals surface area contributed by atoms with Gasteiger partial charge in [0.2, 0.25) is 0 Å². The summed E-state index contributed by atoms with van der Waals surface area (Å²) >= 11 is 0. The van der Waals surface area contributed by atoms with E-state index in [-0.39, 0.29) is 24.4 Å². The number of likely N-dealkylation sites (tertiary alicyclic amines) is 1. The number of halogens is 2. The number of nitrogens with two attached hydrogens (primary N) is 1. The Morgan fingerprint density at radius 2 is 1.97 bits per heavy atom. The predicted molar refractivity (Wildman–Crippen MR) is 134 cm³/mol. The van der Waals surface area contributed by atoms with E-state index < -0.39 is 5.92 Å². The first-order valence-electron chi connectivity index (χ1n) is 12.0. The minimum Gasteiger partial charge on any atom is -0.383 e. The molecule has 1 aliphatic heterocycles. The van der Waals surface area contributed by atoms with Gasteiger partial charge in [-0.1, -0.05) is 18.2 Å². The third kappa shape index (κ3) is 4.09. The first kappa shape index (κ1) is 22.6. The van der Waals surface area contributed by atoms with Gasteiger partial charge in [-0.05, 0) is 47.9 Å². The number of aryl methyl sites for hydroxylation is 1. The van der Waals surface area contributed by atoms with Crippen molar-refractivity contribution >= 4 is 28.7 Å². The second-order valence-corrected chi connectivity index (χ2v) is 9.72. The normalized spacial score (nSPS) is 17.4. The zero-order chi connectivity index (χ0) is 25.0. The fourth-order valence-electron chi connectivity index (χ4n) is 5.11. The Balaban J connectivity index is 1.18. The number of piperidine rings is 1. The molecule has 0 saturated carbocycles. The van der Waals surface area contributed by atoms with Crippen molar-refractivity contribution in [1.29, 1.82) is 0 Å². The van der Waals surface area contributed by atoms with Gasteiger partial charge in [-0.15, -0.1) is 0 Å². The third-order valence-electron chi connectivity index (χ3n) is 7.08. The maximum Gasteiger partial charge on any atom is 0.250 e. The van der Waals surface area contributed by atoms with Gasteiger partial charge in [-0.25, -0.2) is 18.4 Å². The molecule has 36 heavy (non-hydrogen) atoms. The molecule has 4 aromatic rings. The van der Waals surface area contributed by atoms with Crippen LogP contribution in [-0.4, -0.2) is 49.4 Å². The number of Topliss-reactive ketones (excluding diaryl/α,β-unsaturated/α-hetero) is 1. The number of aromatic nitrogens is 4. The van der Waals surface area contributed by atoms with Crippen molar-refractivity contribution in [3.8, 4) is 5.69 Å². The largest absolute Gasteiger partial charge is 0.383 e. The van der Waals surface area contributed by atoms with Crippen LogP contribution in [0.2, 0.25) is 0 Å². The SMILES string of the molecule is Cc1nc2ccc(-n3ncc(C(=O)C4=Cc5ccc(CN6CCC(F)(F)CC6)cc5C4)c3N)cc2[nH]1. The third-order valence-corrected chi connectivity index (χ3v) is 7.08. The van der Waals surface area contributed by atoms with Crippen molar-refractivity contribution in [2.75, 3.05) is 18.8 Å². The standard InChI is InChI=1S/C27H26F2N6O/c1-16-32-23-5-4-21(13-24(23)33-16)35-26(30)22(14-31-35)25(36)20-11-18-3-2-17(10-19(18)12-20)15-34-8-6-27(28,29)7-9-34/h2-5,10-11,13-14H,6-9,12,15,30H2,1H3,(H,32,33). The van der Waals surface area contributed by atoms with E-state index in [4.69, 9.17) is 5.73 Å². The molecule has 1 aliphatic carbocycles. The molecular weight excluding hydrogens is 462 g/mol. The summed E-state index contributed by atoms with van der Waals surface area (Å²) in [6.07, 6.45) is 3.73. The van der Waals surface area contributed by atoms with Crippen molar-refractivity contribution in [2.45, 2.75) is 38.7 Å².